The molecule has 2 N–H and O–H groups in total. The third kappa shape index (κ3) is 4.14. The predicted molar refractivity (Wildman–Crippen MR) is 85.1 cm³/mol. The fraction of sp³-hybridized carbons (Fsp3) is 0.312. The van der Waals surface area contributed by atoms with E-state index in [1.54, 1.807) is 12.3 Å². The average molecular weight is 318 g/mol. The molecule has 1 amide bonds. The number of hydrogen-bond donors (Lipinski definition) is 2. The first-order valence-corrected chi connectivity index (χ1v) is 7.87. The summed E-state index contributed by atoms with van der Waals surface area (Å²) in [5, 5.41) is 13.6. The maximum atomic E-state index is 12.3. The summed E-state index contributed by atoms with van der Waals surface area (Å²) in [6.45, 7) is 4.10. The number of rotatable bonds is 6. The van der Waals surface area contributed by atoms with Gasteiger partial charge in [-0.3, -0.25) is 14.6 Å². The lowest BCUT2D eigenvalue weighted by atomic mass is 10.1. The Labute approximate surface area is 133 Å². The highest BCUT2D eigenvalue weighted by Gasteiger charge is 2.20. The normalized spacial score (nSPS) is 12.1. The monoisotopic (exact) mass is 318 g/mol. The van der Waals surface area contributed by atoms with Crippen LogP contribution in [0.3, 0.4) is 0 Å². The van der Waals surface area contributed by atoms with E-state index < -0.39 is 12.0 Å². The van der Waals surface area contributed by atoms with Gasteiger partial charge in [0.2, 0.25) is 0 Å². The first-order valence-electron chi connectivity index (χ1n) is 6.99. The van der Waals surface area contributed by atoms with Gasteiger partial charge in [0.1, 0.15) is 5.69 Å². The number of aliphatic carboxylic acids is 1. The Balaban J connectivity index is 2.12. The number of nitrogens with one attached hydrogen (secondary N) is 1. The molecule has 6 heteroatoms. The molecule has 22 heavy (non-hydrogen) atoms. The average Bonchev–Trinajstić information content (AvgIpc) is 3.00. The number of carbonyl (C=O) groups is 2. The number of carboxylic acids is 1. The van der Waals surface area contributed by atoms with E-state index >= 15 is 0 Å². The van der Waals surface area contributed by atoms with Gasteiger partial charge in [-0.2, -0.15) is 0 Å². The maximum Gasteiger partial charge on any atom is 0.305 e. The number of thiophene rings is 1. The van der Waals surface area contributed by atoms with Crippen molar-refractivity contribution in [1.82, 2.24) is 10.3 Å². The van der Waals surface area contributed by atoms with E-state index in [1.807, 2.05) is 23.6 Å². The highest BCUT2D eigenvalue weighted by molar-refractivity contribution is 7.10. The van der Waals surface area contributed by atoms with Crippen LogP contribution in [0.25, 0.3) is 0 Å². The molecule has 1 unspecified atom stereocenters. The Bertz CT molecular complexity index is 636. The summed E-state index contributed by atoms with van der Waals surface area (Å²) < 4.78 is 0. The van der Waals surface area contributed by atoms with Crippen LogP contribution in [0, 0.1) is 0 Å². The van der Waals surface area contributed by atoms with Gasteiger partial charge < -0.3 is 10.4 Å². The molecule has 2 rings (SSSR count). The smallest absolute Gasteiger partial charge is 0.305 e. The Hall–Kier alpha value is -2.21. The number of amides is 1. The molecule has 0 aliphatic heterocycles. The zero-order chi connectivity index (χ0) is 16.1. The van der Waals surface area contributed by atoms with E-state index in [9.17, 15) is 9.59 Å². The second kappa shape index (κ2) is 7.17. The second-order valence-electron chi connectivity index (χ2n) is 5.27. The molecule has 0 spiro atoms. The predicted octanol–water partition coefficient (Wildman–Crippen LogP) is 3.21. The van der Waals surface area contributed by atoms with Gasteiger partial charge in [-0.15, -0.1) is 11.3 Å². The Kier molecular flexibility index (Phi) is 5.27. The molecule has 0 saturated heterocycles. The van der Waals surface area contributed by atoms with Crippen LogP contribution in [0.4, 0.5) is 0 Å². The van der Waals surface area contributed by atoms with Gasteiger partial charge in [-0.1, -0.05) is 26.0 Å². The number of nitrogens with zero attached hydrogens (tertiary/aromatic N) is 1. The number of aromatic nitrogens is 1. The highest BCUT2D eigenvalue weighted by Crippen LogP contribution is 2.22. The van der Waals surface area contributed by atoms with Gasteiger partial charge >= 0.3 is 5.97 Å². The standard InChI is InChI=1S/C16H18N2O3S/c1-10(2)11-5-6-12(17-9-11)16(21)18-13(8-15(19)20)14-4-3-7-22-14/h3-7,9-10,13H,8H2,1-2H3,(H,18,21)(H,19,20). The number of pyridine rings is 1. The Morgan fingerprint density at radius 3 is 2.59 bits per heavy atom. The fourth-order valence-electron chi connectivity index (χ4n) is 2.00. The zero-order valence-electron chi connectivity index (χ0n) is 12.4. The molecule has 1 atom stereocenters. The van der Waals surface area contributed by atoms with E-state index in [2.05, 4.69) is 24.1 Å². The molecular formula is C16H18N2O3S. The van der Waals surface area contributed by atoms with Crippen molar-refractivity contribution in [2.75, 3.05) is 0 Å². The molecule has 2 heterocycles. The molecule has 0 fully saturated rings. The lowest BCUT2D eigenvalue weighted by Crippen LogP contribution is -2.30. The van der Waals surface area contributed by atoms with E-state index in [0.29, 0.717) is 5.92 Å². The van der Waals surface area contributed by atoms with Crippen molar-refractivity contribution in [2.24, 2.45) is 0 Å². The third-order valence-corrected chi connectivity index (χ3v) is 4.24. The van der Waals surface area contributed by atoms with Crippen molar-refractivity contribution in [3.05, 3.63) is 52.0 Å². The van der Waals surface area contributed by atoms with Crippen molar-refractivity contribution < 1.29 is 14.7 Å². The van der Waals surface area contributed by atoms with E-state index in [1.165, 1.54) is 11.3 Å². The molecule has 5 nitrogen and oxygen atoms in total. The zero-order valence-corrected chi connectivity index (χ0v) is 13.3. The molecule has 0 aliphatic rings. The lowest BCUT2D eigenvalue weighted by Gasteiger charge is -2.15. The van der Waals surface area contributed by atoms with Gasteiger partial charge in [0.25, 0.3) is 5.91 Å². The maximum absolute atomic E-state index is 12.3. The van der Waals surface area contributed by atoms with Crippen LogP contribution < -0.4 is 5.32 Å². The number of hydrogen-bond acceptors (Lipinski definition) is 4. The van der Waals surface area contributed by atoms with Gasteiger partial charge in [0.15, 0.2) is 0 Å². The van der Waals surface area contributed by atoms with E-state index in [4.69, 9.17) is 5.11 Å². The fourth-order valence-corrected chi connectivity index (χ4v) is 2.78. The topological polar surface area (TPSA) is 79.3 Å². The SMILES string of the molecule is CC(C)c1ccc(C(=O)NC(CC(=O)O)c2cccs2)nc1. The molecular weight excluding hydrogens is 300 g/mol. The highest BCUT2D eigenvalue weighted by atomic mass is 32.1. The van der Waals surface area contributed by atoms with Crippen molar-refractivity contribution in [3.63, 3.8) is 0 Å². The van der Waals surface area contributed by atoms with Crippen molar-refractivity contribution in [1.29, 1.82) is 0 Å². The van der Waals surface area contributed by atoms with Crippen LogP contribution in [0.2, 0.25) is 0 Å². The molecule has 2 aromatic rings. The van der Waals surface area contributed by atoms with Crippen molar-refractivity contribution >= 4 is 23.2 Å². The second-order valence-corrected chi connectivity index (χ2v) is 6.25. The van der Waals surface area contributed by atoms with Gasteiger partial charge in [0.05, 0.1) is 12.5 Å². The summed E-state index contributed by atoms with van der Waals surface area (Å²) in [5.41, 5.74) is 1.34. The minimum absolute atomic E-state index is 0.156. The summed E-state index contributed by atoms with van der Waals surface area (Å²) in [6.07, 6.45) is 1.52. The largest absolute Gasteiger partial charge is 0.481 e. The minimum Gasteiger partial charge on any atom is -0.481 e. The Morgan fingerprint density at radius 1 is 1.32 bits per heavy atom. The van der Waals surface area contributed by atoms with Gasteiger partial charge in [0, 0.05) is 11.1 Å². The lowest BCUT2D eigenvalue weighted by molar-refractivity contribution is -0.137. The Morgan fingerprint density at radius 2 is 2.09 bits per heavy atom. The third-order valence-electron chi connectivity index (χ3n) is 3.26. The minimum atomic E-state index is -0.957. The van der Waals surface area contributed by atoms with E-state index in [-0.39, 0.29) is 18.0 Å². The summed E-state index contributed by atoms with van der Waals surface area (Å²) in [7, 11) is 0. The molecule has 2 aromatic heterocycles. The summed E-state index contributed by atoms with van der Waals surface area (Å²) in [6, 6.07) is 6.63. The van der Waals surface area contributed by atoms with Crippen LogP contribution in [0.1, 0.15) is 53.2 Å². The van der Waals surface area contributed by atoms with Crippen LogP contribution in [-0.2, 0) is 4.79 Å². The van der Waals surface area contributed by atoms with Crippen LogP contribution in [0.5, 0.6) is 0 Å². The molecule has 0 saturated carbocycles. The van der Waals surface area contributed by atoms with Gasteiger partial charge in [-0.25, -0.2) is 0 Å². The van der Waals surface area contributed by atoms with Crippen LogP contribution in [-0.4, -0.2) is 22.0 Å². The number of carbonyl (C=O) groups excluding carboxylic acids is 1. The summed E-state index contributed by atoms with van der Waals surface area (Å²) in [4.78, 5) is 28.2. The van der Waals surface area contributed by atoms with Crippen molar-refractivity contribution in [3.8, 4) is 0 Å². The quantitative estimate of drug-likeness (QED) is 0.857. The van der Waals surface area contributed by atoms with Crippen LogP contribution in [0.15, 0.2) is 35.8 Å². The molecule has 0 bridgehead atoms. The number of carboxylic acid groups (broad SMARTS) is 1. The van der Waals surface area contributed by atoms with Crippen LogP contribution >= 0.6 is 11.3 Å². The van der Waals surface area contributed by atoms with E-state index in [0.717, 1.165) is 10.4 Å². The molecule has 0 aromatic carbocycles. The summed E-state index contributed by atoms with van der Waals surface area (Å²) in [5.74, 6) is -0.979. The summed E-state index contributed by atoms with van der Waals surface area (Å²) >= 11 is 1.42. The van der Waals surface area contributed by atoms with Gasteiger partial charge in [-0.05, 0) is 29.0 Å². The molecule has 0 radical (unpaired) electrons. The molecule has 0 aliphatic carbocycles. The first-order chi connectivity index (χ1) is 10.5. The molecule has 116 valence electrons. The first kappa shape index (κ1) is 16.2. The van der Waals surface area contributed by atoms with Crippen molar-refractivity contribution in [2.45, 2.75) is 32.2 Å².